The summed E-state index contributed by atoms with van der Waals surface area (Å²) >= 11 is 7.31. The van der Waals surface area contributed by atoms with Crippen LogP contribution >= 0.6 is 22.9 Å². The van der Waals surface area contributed by atoms with E-state index in [1.165, 1.54) is 23.5 Å². The topological polar surface area (TPSA) is 43.1 Å². The Morgan fingerprint density at radius 2 is 1.59 bits per heavy atom. The monoisotopic (exact) mass is 330 g/mol. The van der Waals surface area contributed by atoms with Crippen LogP contribution in [0.15, 0.2) is 48.5 Å². The van der Waals surface area contributed by atoms with Gasteiger partial charge in [-0.1, -0.05) is 22.9 Å². The Labute approximate surface area is 133 Å². The molecule has 4 aromatic rings. The largest absolute Gasteiger partial charge is 0.235 e. The summed E-state index contributed by atoms with van der Waals surface area (Å²) in [4.78, 5) is 0.685. The van der Waals surface area contributed by atoms with E-state index in [1.54, 1.807) is 28.8 Å². The van der Waals surface area contributed by atoms with Crippen LogP contribution < -0.4 is 0 Å². The lowest BCUT2D eigenvalue weighted by Crippen LogP contribution is -1.90. The number of halogens is 2. The molecule has 22 heavy (non-hydrogen) atoms. The summed E-state index contributed by atoms with van der Waals surface area (Å²) in [7, 11) is 0. The zero-order valence-corrected chi connectivity index (χ0v) is 12.6. The zero-order chi connectivity index (χ0) is 15.1. The molecule has 0 aliphatic carbocycles. The summed E-state index contributed by atoms with van der Waals surface area (Å²) in [5.41, 5.74) is 1.73. The number of aromatic nitrogens is 4. The molecule has 0 amide bonds. The van der Waals surface area contributed by atoms with E-state index in [0.717, 1.165) is 16.1 Å². The Kier molecular flexibility index (Phi) is 3.13. The first-order valence-electron chi connectivity index (χ1n) is 6.45. The van der Waals surface area contributed by atoms with Gasteiger partial charge in [0, 0.05) is 16.1 Å². The lowest BCUT2D eigenvalue weighted by molar-refractivity contribution is 0.628. The standard InChI is InChI=1S/C15H8ClFN4S/c16-11-5-1-9(2-6-11)13-18-19-15-21(13)20-14(22-15)10-3-7-12(17)8-4-10/h1-8H. The smallest absolute Gasteiger partial charge is 0.207 e. The van der Waals surface area contributed by atoms with Gasteiger partial charge in [-0.25, -0.2) is 4.39 Å². The molecule has 4 nitrogen and oxygen atoms in total. The van der Waals surface area contributed by atoms with Crippen LogP contribution in [0, 0.1) is 5.82 Å². The fourth-order valence-corrected chi connectivity index (χ4v) is 3.08. The van der Waals surface area contributed by atoms with E-state index in [4.69, 9.17) is 11.6 Å². The second-order valence-electron chi connectivity index (χ2n) is 4.64. The molecule has 7 heteroatoms. The van der Waals surface area contributed by atoms with Gasteiger partial charge in [0.2, 0.25) is 4.96 Å². The molecule has 2 aromatic carbocycles. The molecule has 0 radical (unpaired) electrons. The third kappa shape index (κ3) is 2.26. The molecule has 0 aliphatic heterocycles. The molecule has 0 aliphatic rings. The number of hydrogen-bond donors (Lipinski definition) is 0. The Hall–Kier alpha value is -2.31. The van der Waals surface area contributed by atoms with Crippen molar-refractivity contribution in [1.29, 1.82) is 0 Å². The van der Waals surface area contributed by atoms with E-state index in [0.29, 0.717) is 15.8 Å². The molecule has 4 rings (SSSR count). The number of benzene rings is 2. The molecule has 108 valence electrons. The fourth-order valence-electron chi connectivity index (χ4n) is 2.11. The molecule has 2 heterocycles. The maximum absolute atomic E-state index is 13.0. The lowest BCUT2D eigenvalue weighted by atomic mass is 10.2. The molecule has 0 fully saturated rings. The molecule has 0 atom stereocenters. The minimum Gasteiger partial charge on any atom is -0.207 e. The van der Waals surface area contributed by atoms with Gasteiger partial charge in [0.25, 0.3) is 0 Å². The van der Waals surface area contributed by atoms with Gasteiger partial charge in [0.15, 0.2) is 5.82 Å². The minimum absolute atomic E-state index is 0.270. The molecular formula is C15H8ClFN4S. The lowest BCUT2D eigenvalue weighted by Gasteiger charge is -1.97. The van der Waals surface area contributed by atoms with Gasteiger partial charge in [0.05, 0.1) is 0 Å². The summed E-state index contributed by atoms with van der Waals surface area (Å²) in [6, 6.07) is 13.6. The van der Waals surface area contributed by atoms with E-state index >= 15 is 0 Å². The molecular weight excluding hydrogens is 323 g/mol. The molecule has 0 saturated heterocycles. The van der Waals surface area contributed by atoms with Crippen LogP contribution in [0.1, 0.15) is 0 Å². The van der Waals surface area contributed by atoms with Crippen molar-refractivity contribution in [1.82, 2.24) is 19.8 Å². The number of nitrogens with zero attached hydrogens (tertiary/aromatic N) is 4. The summed E-state index contributed by atoms with van der Waals surface area (Å²) in [6.45, 7) is 0. The first-order chi connectivity index (χ1) is 10.7. The highest BCUT2D eigenvalue weighted by atomic mass is 35.5. The van der Waals surface area contributed by atoms with E-state index in [-0.39, 0.29) is 5.82 Å². The van der Waals surface area contributed by atoms with Crippen molar-refractivity contribution >= 4 is 27.9 Å². The third-order valence-corrected chi connectivity index (χ3v) is 4.38. The van der Waals surface area contributed by atoms with E-state index in [9.17, 15) is 4.39 Å². The Morgan fingerprint density at radius 1 is 0.909 bits per heavy atom. The van der Waals surface area contributed by atoms with Crippen LogP contribution in [0.5, 0.6) is 0 Å². The van der Waals surface area contributed by atoms with Crippen molar-refractivity contribution in [2.45, 2.75) is 0 Å². The highest BCUT2D eigenvalue weighted by Gasteiger charge is 2.14. The van der Waals surface area contributed by atoms with E-state index < -0.39 is 0 Å². The average molecular weight is 331 g/mol. The van der Waals surface area contributed by atoms with Gasteiger partial charge in [-0.2, -0.15) is 9.61 Å². The van der Waals surface area contributed by atoms with Crippen LogP contribution in [0.2, 0.25) is 5.02 Å². The van der Waals surface area contributed by atoms with Crippen LogP contribution in [-0.2, 0) is 0 Å². The highest BCUT2D eigenvalue weighted by Crippen LogP contribution is 2.28. The van der Waals surface area contributed by atoms with Gasteiger partial charge < -0.3 is 0 Å². The first-order valence-corrected chi connectivity index (χ1v) is 7.64. The predicted octanol–water partition coefficient (Wildman–Crippen LogP) is 4.31. The maximum atomic E-state index is 13.0. The normalized spacial score (nSPS) is 11.2. The number of hydrogen-bond acceptors (Lipinski definition) is 4. The Morgan fingerprint density at radius 3 is 2.32 bits per heavy atom. The van der Waals surface area contributed by atoms with Crippen molar-refractivity contribution in [3.63, 3.8) is 0 Å². The van der Waals surface area contributed by atoms with Crippen molar-refractivity contribution in [2.75, 3.05) is 0 Å². The summed E-state index contributed by atoms with van der Waals surface area (Å²) in [6.07, 6.45) is 0. The molecule has 0 N–H and O–H groups in total. The maximum Gasteiger partial charge on any atom is 0.235 e. The van der Waals surface area contributed by atoms with Crippen molar-refractivity contribution in [2.24, 2.45) is 0 Å². The first kappa shape index (κ1) is 13.4. The van der Waals surface area contributed by atoms with Crippen LogP contribution in [-0.4, -0.2) is 19.8 Å². The van der Waals surface area contributed by atoms with E-state index in [2.05, 4.69) is 15.3 Å². The second kappa shape index (κ2) is 5.15. The summed E-state index contributed by atoms with van der Waals surface area (Å²) in [5.74, 6) is 0.380. The van der Waals surface area contributed by atoms with Crippen LogP contribution in [0.3, 0.4) is 0 Å². The fraction of sp³-hybridized carbons (Fsp3) is 0. The zero-order valence-electron chi connectivity index (χ0n) is 11.1. The van der Waals surface area contributed by atoms with Crippen LogP contribution in [0.25, 0.3) is 26.9 Å². The van der Waals surface area contributed by atoms with Gasteiger partial charge >= 0.3 is 0 Å². The highest BCUT2D eigenvalue weighted by molar-refractivity contribution is 7.19. The second-order valence-corrected chi connectivity index (χ2v) is 6.03. The van der Waals surface area contributed by atoms with Crippen molar-refractivity contribution in [3.8, 4) is 22.0 Å². The molecule has 0 spiro atoms. The van der Waals surface area contributed by atoms with Gasteiger partial charge in [-0.3, -0.25) is 0 Å². The molecule has 0 bridgehead atoms. The van der Waals surface area contributed by atoms with Crippen molar-refractivity contribution in [3.05, 3.63) is 59.4 Å². The van der Waals surface area contributed by atoms with Gasteiger partial charge in [0.1, 0.15) is 10.8 Å². The predicted molar refractivity (Wildman–Crippen MR) is 84.5 cm³/mol. The molecule has 2 aromatic heterocycles. The van der Waals surface area contributed by atoms with Gasteiger partial charge in [-0.15, -0.1) is 10.2 Å². The average Bonchev–Trinajstić information content (AvgIpc) is 3.09. The van der Waals surface area contributed by atoms with Crippen molar-refractivity contribution < 1.29 is 4.39 Å². The molecule has 0 unspecified atom stereocenters. The summed E-state index contributed by atoms with van der Waals surface area (Å²) < 4.78 is 14.7. The summed E-state index contributed by atoms with van der Waals surface area (Å²) in [5, 5.41) is 14.3. The number of rotatable bonds is 2. The quantitative estimate of drug-likeness (QED) is 0.550. The number of fused-ring (bicyclic) bond motifs is 1. The van der Waals surface area contributed by atoms with Crippen LogP contribution in [0.4, 0.5) is 4.39 Å². The van der Waals surface area contributed by atoms with Gasteiger partial charge in [-0.05, 0) is 48.5 Å². The van der Waals surface area contributed by atoms with E-state index in [1.807, 2.05) is 12.1 Å². The SMILES string of the molecule is Fc1ccc(-c2nn3c(-c4ccc(Cl)cc4)nnc3s2)cc1. The Bertz CT molecular complexity index is 944. The third-order valence-electron chi connectivity index (χ3n) is 3.18. The Balaban J connectivity index is 1.82. The molecule has 0 saturated carbocycles. The minimum atomic E-state index is -0.270.